The van der Waals surface area contributed by atoms with Gasteiger partial charge in [-0.15, -0.1) is 0 Å². The van der Waals surface area contributed by atoms with Crippen molar-refractivity contribution in [3.8, 4) is 5.75 Å². The molecule has 1 heterocycles. The number of nitrogens with one attached hydrogen (secondary N) is 2. The number of ketones is 1. The fourth-order valence-electron chi connectivity index (χ4n) is 2.82. The number of carbonyl (C=O) groups is 3. The predicted octanol–water partition coefficient (Wildman–Crippen LogP) is 2.86. The molecule has 0 saturated carbocycles. The molecular weight excluding hydrogens is 414 g/mol. The monoisotopic (exact) mass is 451 g/mol. The maximum atomic E-state index is 12.8. The highest BCUT2D eigenvalue weighted by Gasteiger charge is 2.24. The summed E-state index contributed by atoms with van der Waals surface area (Å²) in [6, 6.07) is 2.79. The van der Waals surface area contributed by atoms with E-state index in [0.29, 0.717) is 31.6 Å². The van der Waals surface area contributed by atoms with Gasteiger partial charge in [0.05, 0.1) is 6.04 Å². The maximum absolute atomic E-state index is 12.8. The molecule has 0 aliphatic rings. The van der Waals surface area contributed by atoms with Crippen LogP contribution in [-0.4, -0.2) is 60.8 Å². The van der Waals surface area contributed by atoms with Crippen LogP contribution in [0.3, 0.4) is 0 Å². The molecule has 0 aliphatic heterocycles. The van der Waals surface area contributed by atoms with Gasteiger partial charge in [-0.05, 0) is 60.8 Å². The van der Waals surface area contributed by atoms with Gasteiger partial charge in [-0.3, -0.25) is 14.6 Å². The summed E-state index contributed by atoms with van der Waals surface area (Å²) in [7, 11) is 1.43. The van der Waals surface area contributed by atoms with Crippen LogP contribution in [-0.2, 0) is 19.1 Å². The van der Waals surface area contributed by atoms with Crippen LogP contribution < -0.4 is 15.4 Å². The lowest BCUT2D eigenvalue weighted by Gasteiger charge is -2.21. The van der Waals surface area contributed by atoms with Crippen LogP contribution in [0.25, 0.3) is 0 Å². The molecule has 2 amide bonds. The van der Waals surface area contributed by atoms with Crippen molar-refractivity contribution < 1.29 is 28.6 Å². The van der Waals surface area contributed by atoms with Crippen LogP contribution in [0.15, 0.2) is 12.1 Å². The molecule has 9 nitrogen and oxygen atoms in total. The van der Waals surface area contributed by atoms with Gasteiger partial charge in [-0.2, -0.15) is 0 Å². The number of rotatable bonds is 12. The Hall–Kier alpha value is -2.68. The molecule has 2 atom stereocenters. The van der Waals surface area contributed by atoms with Crippen molar-refractivity contribution >= 4 is 17.8 Å². The van der Waals surface area contributed by atoms with Crippen molar-refractivity contribution in [2.45, 2.75) is 78.6 Å². The lowest BCUT2D eigenvalue weighted by molar-refractivity contribution is -0.134. The van der Waals surface area contributed by atoms with E-state index in [1.807, 2.05) is 13.8 Å². The third kappa shape index (κ3) is 11.1. The van der Waals surface area contributed by atoms with Gasteiger partial charge in [0.15, 0.2) is 5.78 Å². The van der Waals surface area contributed by atoms with Gasteiger partial charge in [0, 0.05) is 37.2 Å². The van der Waals surface area contributed by atoms with Crippen LogP contribution >= 0.6 is 0 Å². The number of aryl methyl sites for hydroxylation is 2. The van der Waals surface area contributed by atoms with Gasteiger partial charge in [0.1, 0.15) is 24.1 Å². The van der Waals surface area contributed by atoms with E-state index in [0.717, 1.165) is 11.4 Å². The Morgan fingerprint density at radius 2 is 1.72 bits per heavy atom. The zero-order valence-electron chi connectivity index (χ0n) is 20.2. The number of ether oxygens (including phenoxy) is 3. The largest absolute Gasteiger partial charge is 0.486 e. The standard InChI is InChI=1S/C23H37N3O6/c1-15-12-18(13-16(2)25-15)31-14-20(27)19(26-21(28)17(3)30-7)10-8-9-11-24-22(29)32-23(4,5)6/h12-13,17,19H,8-11,14H2,1-7H3,(H,24,29)(H,26,28). The zero-order chi connectivity index (χ0) is 24.3. The molecule has 0 saturated heterocycles. The summed E-state index contributed by atoms with van der Waals surface area (Å²) in [4.78, 5) is 41.0. The molecule has 9 heteroatoms. The number of hydrogen-bond donors (Lipinski definition) is 2. The number of hydrogen-bond acceptors (Lipinski definition) is 7. The number of methoxy groups -OCH3 is 1. The van der Waals surface area contributed by atoms with Crippen LogP contribution in [0.1, 0.15) is 58.3 Å². The summed E-state index contributed by atoms with van der Waals surface area (Å²) in [5, 5.41) is 5.42. The van der Waals surface area contributed by atoms with Gasteiger partial charge in [-0.25, -0.2) is 4.79 Å². The Balaban J connectivity index is 2.60. The van der Waals surface area contributed by atoms with Gasteiger partial charge >= 0.3 is 6.09 Å². The van der Waals surface area contributed by atoms with Gasteiger partial charge in [0.2, 0.25) is 5.91 Å². The summed E-state index contributed by atoms with van der Waals surface area (Å²) < 4.78 is 15.9. The fraction of sp³-hybridized carbons (Fsp3) is 0.652. The Morgan fingerprint density at radius 3 is 2.28 bits per heavy atom. The smallest absolute Gasteiger partial charge is 0.407 e. The predicted molar refractivity (Wildman–Crippen MR) is 121 cm³/mol. The highest BCUT2D eigenvalue weighted by atomic mass is 16.6. The topological polar surface area (TPSA) is 116 Å². The number of aromatic nitrogens is 1. The molecule has 1 rings (SSSR count). The number of alkyl carbamates (subject to hydrolysis) is 1. The van der Waals surface area contributed by atoms with E-state index < -0.39 is 23.8 Å². The lowest BCUT2D eigenvalue weighted by atomic mass is 10.0. The summed E-state index contributed by atoms with van der Waals surface area (Å²) >= 11 is 0. The van der Waals surface area contributed by atoms with Crippen molar-refractivity contribution in [1.29, 1.82) is 0 Å². The minimum Gasteiger partial charge on any atom is -0.486 e. The molecule has 0 aliphatic carbocycles. The van der Waals surface area contributed by atoms with E-state index in [4.69, 9.17) is 14.2 Å². The molecule has 180 valence electrons. The minimum absolute atomic E-state index is 0.175. The summed E-state index contributed by atoms with van der Waals surface area (Å²) in [6.07, 6.45) is 0.493. The third-order valence-corrected chi connectivity index (χ3v) is 4.45. The van der Waals surface area contributed by atoms with Crippen molar-refractivity contribution in [3.05, 3.63) is 23.5 Å². The molecule has 0 spiro atoms. The molecule has 1 aromatic rings. The molecule has 2 N–H and O–H groups in total. The van der Waals surface area contributed by atoms with E-state index in [2.05, 4.69) is 15.6 Å². The van der Waals surface area contributed by atoms with Crippen molar-refractivity contribution in [2.24, 2.45) is 0 Å². The van der Waals surface area contributed by atoms with E-state index in [1.54, 1.807) is 39.8 Å². The van der Waals surface area contributed by atoms with Gasteiger partial charge < -0.3 is 24.8 Å². The maximum Gasteiger partial charge on any atom is 0.407 e. The molecule has 1 aromatic heterocycles. The van der Waals surface area contributed by atoms with Crippen LogP contribution in [0, 0.1) is 13.8 Å². The van der Waals surface area contributed by atoms with Gasteiger partial charge in [0.25, 0.3) is 0 Å². The molecule has 0 fully saturated rings. The molecule has 2 unspecified atom stereocenters. The quantitative estimate of drug-likeness (QED) is 0.470. The third-order valence-electron chi connectivity index (χ3n) is 4.45. The summed E-state index contributed by atoms with van der Waals surface area (Å²) in [6.45, 7) is 10.9. The normalized spacial score (nSPS) is 13.1. The lowest BCUT2D eigenvalue weighted by Crippen LogP contribution is -2.46. The Bertz CT molecular complexity index is 755. The van der Waals surface area contributed by atoms with Gasteiger partial charge in [-0.1, -0.05) is 0 Å². The minimum atomic E-state index is -0.717. The average Bonchev–Trinajstić information content (AvgIpc) is 2.68. The Labute approximate surface area is 190 Å². The van der Waals surface area contributed by atoms with Crippen LogP contribution in [0.5, 0.6) is 5.75 Å². The van der Waals surface area contributed by atoms with Crippen molar-refractivity contribution in [2.75, 3.05) is 20.3 Å². The van der Waals surface area contributed by atoms with E-state index in [1.165, 1.54) is 7.11 Å². The van der Waals surface area contributed by atoms with Crippen LogP contribution in [0.2, 0.25) is 0 Å². The fourth-order valence-corrected chi connectivity index (χ4v) is 2.82. The van der Waals surface area contributed by atoms with Crippen molar-refractivity contribution in [1.82, 2.24) is 15.6 Å². The van der Waals surface area contributed by atoms with E-state index in [-0.39, 0.29) is 18.3 Å². The Morgan fingerprint density at radius 1 is 1.09 bits per heavy atom. The second-order valence-corrected chi connectivity index (χ2v) is 8.70. The Kier molecular flexibility index (Phi) is 11.1. The number of nitrogens with zero attached hydrogens (tertiary/aromatic N) is 1. The SMILES string of the molecule is COC(C)C(=O)NC(CCCCNC(=O)OC(C)(C)C)C(=O)COc1cc(C)nc(C)c1. The first-order valence-corrected chi connectivity index (χ1v) is 10.8. The van der Waals surface area contributed by atoms with Crippen molar-refractivity contribution in [3.63, 3.8) is 0 Å². The highest BCUT2D eigenvalue weighted by molar-refractivity contribution is 5.91. The molecule has 32 heavy (non-hydrogen) atoms. The highest BCUT2D eigenvalue weighted by Crippen LogP contribution is 2.14. The number of pyridine rings is 1. The molecule has 0 radical (unpaired) electrons. The van der Waals surface area contributed by atoms with Crippen LogP contribution in [0.4, 0.5) is 4.79 Å². The number of carbonyl (C=O) groups excluding carboxylic acids is 3. The summed E-state index contributed by atoms with van der Waals surface area (Å²) in [5.41, 5.74) is 1.03. The number of amides is 2. The molecule has 0 bridgehead atoms. The molecular formula is C23H37N3O6. The first-order chi connectivity index (χ1) is 14.9. The number of unbranched alkanes of at least 4 members (excludes halogenated alkanes) is 1. The van der Waals surface area contributed by atoms with E-state index >= 15 is 0 Å². The zero-order valence-corrected chi connectivity index (χ0v) is 20.2. The first kappa shape index (κ1) is 27.4. The summed E-state index contributed by atoms with van der Waals surface area (Å²) in [5.74, 6) is -0.0533. The number of Topliss-reactive ketones (excluding diaryl/α,β-unsaturated/α-hetero) is 1. The second-order valence-electron chi connectivity index (χ2n) is 8.70. The first-order valence-electron chi connectivity index (χ1n) is 10.8. The molecule has 0 aromatic carbocycles. The van der Waals surface area contributed by atoms with E-state index in [9.17, 15) is 14.4 Å². The average molecular weight is 452 g/mol. The second kappa shape index (κ2) is 13.0.